The highest BCUT2D eigenvalue weighted by atomic mass is 16.2. The molecule has 2 amide bonds. The molecule has 3 N–H and O–H groups in total. The van der Waals surface area contributed by atoms with Crippen LogP contribution >= 0.6 is 0 Å². The molecule has 0 spiro atoms. The van der Waals surface area contributed by atoms with Gasteiger partial charge in [-0.2, -0.15) is 0 Å². The Morgan fingerprint density at radius 1 is 1.15 bits per heavy atom. The third-order valence-corrected chi connectivity index (χ3v) is 4.56. The number of nitrogens with zero attached hydrogens (tertiary/aromatic N) is 1. The molecule has 5 heteroatoms. The van der Waals surface area contributed by atoms with E-state index in [1.54, 1.807) is 0 Å². The van der Waals surface area contributed by atoms with Gasteiger partial charge in [-0.25, -0.2) is 0 Å². The Morgan fingerprint density at radius 2 is 1.75 bits per heavy atom. The number of hydrogen-bond acceptors (Lipinski definition) is 3. The lowest BCUT2D eigenvalue weighted by Gasteiger charge is -2.29. The number of nitrogens with two attached hydrogens (primary N) is 1. The van der Waals surface area contributed by atoms with E-state index in [1.807, 2.05) is 18.7 Å². The Bertz CT molecular complexity index is 313. The van der Waals surface area contributed by atoms with Crippen molar-refractivity contribution in [3.05, 3.63) is 0 Å². The predicted molar refractivity (Wildman–Crippen MR) is 80.1 cm³/mol. The minimum atomic E-state index is -0.478. The van der Waals surface area contributed by atoms with Crippen molar-refractivity contribution in [3.8, 4) is 0 Å². The lowest BCUT2D eigenvalue weighted by molar-refractivity contribution is -0.133. The molecular weight excluding hydrogens is 254 g/mol. The summed E-state index contributed by atoms with van der Waals surface area (Å²) in [6.07, 6.45) is 5.25. The summed E-state index contributed by atoms with van der Waals surface area (Å²) in [5, 5.41) is 2.88. The summed E-state index contributed by atoms with van der Waals surface area (Å²) in [4.78, 5) is 26.1. The zero-order chi connectivity index (χ0) is 15.0. The van der Waals surface area contributed by atoms with E-state index in [9.17, 15) is 9.59 Å². The van der Waals surface area contributed by atoms with Crippen LogP contribution in [0.2, 0.25) is 0 Å². The number of rotatable bonds is 7. The third kappa shape index (κ3) is 4.20. The second-order valence-corrected chi connectivity index (χ2v) is 5.64. The highest BCUT2D eigenvalue weighted by Gasteiger charge is 2.33. The molecule has 0 unspecified atom stereocenters. The van der Waals surface area contributed by atoms with Crippen molar-refractivity contribution in [1.29, 1.82) is 0 Å². The normalized spacial score (nSPS) is 16.1. The first kappa shape index (κ1) is 17.0. The van der Waals surface area contributed by atoms with Gasteiger partial charge in [-0.15, -0.1) is 0 Å². The van der Waals surface area contributed by atoms with Gasteiger partial charge in [-0.3, -0.25) is 9.59 Å². The second-order valence-electron chi connectivity index (χ2n) is 5.64. The van der Waals surface area contributed by atoms with E-state index in [2.05, 4.69) is 5.32 Å². The molecule has 1 aliphatic rings. The Labute approximate surface area is 122 Å². The molecule has 1 heterocycles. The molecule has 5 nitrogen and oxygen atoms in total. The highest BCUT2D eigenvalue weighted by molar-refractivity contribution is 5.83. The Balaban J connectivity index is 2.35. The van der Waals surface area contributed by atoms with E-state index >= 15 is 0 Å². The van der Waals surface area contributed by atoms with Gasteiger partial charge in [0.1, 0.15) is 0 Å². The van der Waals surface area contributed by atoms with Crippen LogP contribution in [0, 0.1) is 5.41 Å². The molecule has 0 atom stereocenters. The molecule has 1 saturated heterocycles. The van der Waals surface area contributed by atoms with E-state index < -0.39 is 5.41 Å². The maximum atomic E-state index is 12.2. The van der Waals surface area contributed by atoms with Gasteiger partial charge in [0.2, 0.25) is 11.8 Å². The van der Waals surface area contributed by atoms with E-state index in [1.165, 1.54) is 6.42 Å². The van der Waals surface area contributed by atoms with Crippen LogP contribution in [0.5, 0.6) is 0 Å². The Kier molecular flexibility index (Phi) is 6.99. The molecule has 116 valence electrons. The first-order valence-corrected chi connectivity index (χ1v) is 7.85. The minimum absolute atomic E-state index is 0.0172. The first-order valence-electron chi connectivity index (χ1n) is 7.85. The predicted octanol–water partition coefficient (Wildman–Crippen LogP) is 1.27. The van der Waals surface area contributed by atoms with Crippen LogP contribution < -0.4 is 11.1 Å². The molecule has 1 fully saturated rings. The van der Waals surface area contributed by atoms with Crippen molar-refractivity contribution in [3.63, 3.8) is 0 Å². The largest absolute Gasteiger partial charge is 0.355 e. The quantitative estimate of drug-likeness (QED) is 0.739. The molecule has 0 saturated carbocycles. The Morgan fingerprint density at radius 3 is 2.25 bits per heavy atom. The molecule has 0 aromatic heterocycles. The summed E-state index contributed by atoms with van der Waals surface area (Å²) in [5.41, 5.74) is 5.26. The Hall–Kier alpha value is -1.10. The average Bonchev–Trinajstić information content (AvgIpc) is 2.50. The minimum Gasteiger partial charge on any atom is -0.355 e. The van der Waals surface area contributed by atoms with Gasteiger partial charge in [0.25, 0.3) is 0 Å². The molecule has 0 aromatic carbocycles. The SMILES string of the molecule is CCC(CC)(CN)C(=O)NCCC(=O)N1CCCCC1. The third-order valence-electron chi connectivity index (χ3n) is 4.56. The summed E-state index contributed by atoms with van der Waals surface area (Å²) in [6, 6.07) is 0. The summed E-state index contributed by atoms with van der Waals surface area (Å²) >= 11 is 0. The van der Waals surface area contributed by atoms with E-state index in [0.717, 1.165) is 38.8 Å². The van der Waals surface area contributed by atoms with Crippen LogP contribution in [-0.2, 0) is 9.59 Å². The zero-order valence-electron chi connectivity index (χ0n) is 12.9. The molecule has 0 radical (unpaired) electrons. The number of piperidine rings is 1. The van der Waals surface area contributed by atoms with E-state index in [0.29, 0.717) is 19.5 Å². The molecule has 0 bridgehead atoms. The zero-order valence-corrected chi connectivity index (χ0v) is 12.9. The highest BCUT2D eigenvalue weighted by Crippen LogP contribution is 2.24. The number of likely N-dealkylation sites (tertiary alicyclic amines) is 1. The average molecular weight is 283 g/mol. The van der Waals surface area contributed by atoms with Gasteiger partial charge in [0.15, 0.2) is 0 Å². The molecular formula is C15H29N3O2. The topological polar surface area (TPSA) is 75.4 Å². The first-order chi connectivity index (χ1) is 9.59. The number of amides is 2. The number of nitrogens with one attached hydrogen (secondary N) is 1. The maximum Gasteiger partial charge on any atom is 0.227 e. The number of carbonyl (C=O) groups is 2. The van der Waals surface area contributed by atoms with E-state index in [-0.39, 0.29) is 11.8 Å². The second kappa shape index (κ2) is 8.25. The van der Waals surface area contributed by atoms with Crippen LogP contribution in [0.3, 0.4) is 0 Å². The van der Waals surface area contributed by atoms with Gasteiger partial charge in [-0.05, 0) is 32.1 Å². The number of hydrogen-bond donors (Lipinski definition) is 2. The lowest BCUT2D eigenvalue weighted by atomic mass is 9.81. The smallest absolute Gasteiger partial charge is 0.227 e. The molecule has 1 aliphatic heterocycles. The van der Waals surface area contributed by atoms with Crippen LogP contribution in [0.15, 0.2) is 0 Å². The molecule has 0 aliphatic carbocycles. The fraction of sp³-hybridized carbons (Fsp3) is 0.867. The lowest BCUT2D eigenvalue weighted by Crippen LogP contribution is -2.46. The van der Waals surface area contributed by atoms with Crippen molar-refractivity contribution < 1.29 is 9.59 Å². The van der Waals surface area contributed by atoms with Crippen molar-refractivity contribution in [1.82, 2.24) is 10.2 Å². The fourth-order valence-electron chi connectivity index (χ4n) is 2.72. The fourth-order valence-corrected chi connectivity index (χ4v) is 2.72. The molecule has 1 rings (SSSR count). The van der Waals surface area contributed by atoms with Crippen LogP contribution in [0.1, 0.15) is 52.4 Å². The van der Waals surface area contributed by atoms with Gasteiger partial charge in [-0.1, -0.05) is 13.8 Å². The standard InChI is InChI=1S/C15H29N3O2/c1-3-15(4-2,12-16)14(20)17-9-8-13(19)18-10-6-5-7-11-18/h3-12,16H2,1-2H3,(H,17,20). The van der Waals surface area contributed by atoms with E-state index in [4.69, 9.17) is 5.73 Å². The van der Waals surface area contributed by atoms with Gasteiger partial charge >= 0.3 is 0 Å². The molecule has 20 heavy (non-hydrogen) atoms. The van der Waals surface area contributed by atoms with Gasteiger partial charge < -0.3 is 16.0 Å². The summed E-state index contributed by atoms with van der Waals surface area (Å²) in [7, 11) is 0. The van der Waals surface area contributed by atoms with Crippen molar-refractivity contribution in [2.75, 3.05) is 26.2 Å². The van der Waals surface area contributed by atoms with Crippen molar-refractivity contribution in [2.24, 2.45) is 11.1 Å². The summed E-state index contributed by atoms with van der Waals surface area (Å²) in [5.74, 6) is 0.132. The van der Waals surface area contributed by atoms with Crippen LogP contribution in [0.25, 0.3) is 0 Å². The van der Waals surface area contributed by atoms with Gasteiger partial charge in [0.05, 0.1) is 5.41 Å². The summed E-state index contributed by atoms with van der Waals surface area (Å²) < 4.78 is 0. The van der Waals surface area contributed by atoms with Crippen molar-refractivity contribution >= 4 is 11.8 Å². The van der Waals surface area contributed by atoms with Gasteiger partial charge in [0, 0.05) is 32.6 Å². The monoisotopic (exact) mass is 283 g/mol. The number of carbonyl (C=O) groups excluding carboxylic acids is 2. The maximum absolute atomic E-state index is 12.2. The summed E-state index contributed by atoms with van der Waals surface area (Å²) in [6.45, 7) is 6.46. The van der Waals surface area contributed by atoms with Crippen LogP contribution in [-0.4, -0.2) is 42.9 Å². The molecule has 0 aromatic rings. The van der Waals surface area contributed by atoms with Crippen molar-refractivity contribution in [2.45, 2.75) is 52.4 Å². The van der Waals surface area contributed by atoms with Crippen LogP contribution in [0.4, 0.5) is 0 Å².